The van der Waals surface area contributed by atoms with Crippen molar-refractivity contribution in [3.63, 3.8) is 0 Å². The molecule has 68 valence electrons. The van der Waals surface area contributed by atoms with Gasteiger partial charge in [0.15, 0.2) is 0 Å². The van der Waals surface area contributed by atoms with Crippen molar-refractivity contribution in [3.05, 3.63) is 18.5 Å². The third-order valence-electron chi connectivity index (χ3n) is 0.994. The van der Waals surface area contributed by atoms with Gasteiger partial charge in [-0.1, -0.05) is 0 Å². The first-order valence-corrected chi connectivity index (χ1v) is 3.91. The van der Waals surface area contributed by atoms with Crippen LogP contribution in [-0.4, -0.2) is 23.2 Å². The van der Waals surface area contributed by atoms with Crippen LogP contribution in [0, 0.1) is 0 Å². The second-order valence-electron chi connectivity index (χ2n) is 1.89. The van der Waals surface area contributed by atoms with Crippen molar-refractivity contribution in [1.82, 2.24) is 9.97 Å². The van der Waals surface area contributed by atoms with E-state index in [0.717, 1.165) is 13.2 Å². The molecule has 0 fully saturated rings. The maximum atomic E-state index is 5.14. The molecule has 4 heteroatoms. The second kappa shape index (κ2) is 7.94. The highest BCUT2D eigenvalue weighted by molar-refractivity contribution is 5.11. The first kappa shape index (κ1) is 10.8. The molecule has 0 unspecified atom stereocenters. The van der Waals surface area contributed by atoms with Gasteiger partial charge in [-0.2, -0.15) is 0 Å². The minimum Gasteiger partial charge on any atom is -0.382 e. The van der Waals surface area contributed by atoms with Gasteiger partial charge in [-0.3, -0.25) is 0 Å². The van der Waals surface area contributed by atoms with E-state index in [2.05, 4.69) is 9.97 Å². The molecular weight excluding hydrogens is 154 g/mol. The largest absolute Gasteiger partial charge is 0.382 e. The number of hydrogen-bond acceptors (Lipinski definition) is 4. The van der Waals surface area contributed by atoms with Crippen LogP contribution < -0.4 is 5.73 Å². The number of ether oxygens (including phenoxy) is 1. The van der Waals surface area contributed by atoms with E-state index in [4.69, 9.17) is 10.5 Å². The quantitative estimate of drug-likeness (QED) is 0.720. The molecule has 0 aliphatic carbocycles. The van der Waals surface area contributed by atoms with Crippen molar-refractivity contribution >= 4 is 5.95 Å². The Morgan fingerprint density at radius 3 is 1.92 bits per heavy atom. The minimum absolute atomic E-state index is 0.322. The summed E-state index contributed by atoms with van der Waals surface area (Å²) in [5.74, 6) is 0.322. The number of aromatic nitrogens is 2. The molecule has 0 amide bonds. The van der Waals surface area contributed by atoms with Crippen LogP contribution in [0.1, 0.15) is 13.8 Å². The zero-order chi connectivity index (χ0) is 9.23. The summed E-state index contributed by atoms with van der Waals surface area (Å²) in [5.41, 5.74) is 5.14. The van der Waals surface area contributed by atoms with E-state index in [1.165, 1.54) is 0 Å². The summed E-state index contributed by atoms with van der Waals surface area (Å²) < 4.78 is 4.83. The zero-order valence-corrected chi connectivity index (χ0v) is 7.53. The Bertz CT molecular complexity index is 177. The second-order valence-corrected chi connectivity index (χ2v) is 1.89. The van der Waals surface area contributed by atoms with Gasteiger partial charge in [0, 0.05) is 25.6 Å². The SMILES string of the molecule is CCOCC.Nc1ncccn1. The number of anilines is 1. The molecule has 0 radical (unpaired) electrons. The molecular formula is C8H15N3O. The van der Waals surface area contributed by atoms with Crippen LogP contribution in [-0.2, 0) is 4.74 Å². The number of hydrogen-bond donors (Lipinski definition) is 1. The standard InChI is InChI=1S/C4H5N3.C4H10O/c5-4-6-2-1-3-7-4;1-3-5-4-2/h1-3H,(H2,5,6,7);3-4H2,1-2H3. The summed E-state index contributed by atoms with van der Waals surface area (Å²) in [7, 11) is 0. The average Bonchev–Trinajstić information content (AvgIpc) is 2.08. The molecule has 12 heavy (non-hydrogen) atoms. The lowest BCUT2D eigenvalue weighted by molar-refractivity contribution is 0.162. The monoisotopic (exact) mass is 169 g/mol. The number of nitrogen functional groups attached to an aromatic ring is 1. The van der Waals surface area contributed by atoms with E-state index in [-0.39, 0.29) is 0 Å². The van der Waals surface area contributed by atoms with Gasteiger partial charge in [0.2, 0.25) is 5.95 Å². The Balaban J connectivity index is 0.000000217. The molecule has 0 saturated heterocycles. The van der Waals surface area contributed by atoms with Crippen molar-refractivity contribution < 1.29 is 4.74 Å². The molecule has 1 heterocycles. The van der Waals surface area contributed by atoms with E-state index in [1.54, 1.807) is 18.5 Å². The fraction of sp³-hybridized carbons (Fsp3) is 0.500. The van der Waals surface area contributed by atoms with E-state index >= 15 is 0 Å². The lowest BCUT2D eigenvalue weighted by Crippen LogP contribution is -1.90. The summed E-state index contributed by atoms with van der Waals surface area (Å²) >= 11 is 0. The van der Waals surface area contributed by atoms with Crippen LogP contribution >= 0.6 is 0 Å². The highest BCUT2D eigenvalue weighted by Crippen LogP contribution is 1.81. The summed E-state index contributed by atoms with van der Waals surface area (Å²) in [6.45, 7) is 5.67. The van der Waals surface area contributed by atoms with Crippen LogP contribution in [0.5, 0.6) is 0 Å². The molecule has 1 aromatic heterocycles. The van der Waals surface area contributed by atoms with Crippen LogP contribution in [0.3, 0.4) is 0 Å². The van der Waals surface area contributed by atoms with Crippen molar-refractivity contribution in [3.8, 4) is 0 Å². The molecule has 0 bridgehead atoms. The molecule has 2 N–H and O–H groups in total. The minimum atomic E-state index is 0.322. The molecule has 4 nitrogen and oxygen atoms in total. The van der Waals surface area contributed by atoms with Gasteiger partial charge in [0.1, 0.15) is 0 Å². The fourth-order valence-electron chi connectivity index (χ4n) is 0.515. The molecule has 0 spiro atoms. The Morgan fingerprint density at radius 2 is 1.75 bits per heavy atom. The highest BCUT2D eigenvalue weighted by atomic mass is 16.5. The van der Waals surface area contributed by atoms with Gasteiger partial charge < -0.3 is 10.5 Å². The predicted octanol–water partition coefficient (Wildman–Crippen LogP) is 1.10. The van der Waals surface area contributed by atoms with E-state index in [0.29, 0.717) is 5.95 Å². The maximum Gasteiger partial charge on any atom is 0.219 e. The summed E-state index contributed by atoms with van der Waals surface area (Å²) in [6, 6.07) is 1.72. The third-order valence-corrected chi connectivity index (χ3v) is 0.994. The summed E-state index contributed by atoms with van der Waals surface area (Å²) in [6.07, 6.45) is 3.20. The third kappa shape index (κ3) is 6.95. The zero-order valence-electron chi connectivity index (χ0n) is 7.53. The molecule has 1 aromatic rings. The number of rotatable bonds is 2. The van der Waals surface area contributed by atoms with Crippen molar-refractivity contribution in [2.24, 2.45) is 0 Å². The van der Waals surface area contributed by atoms with Crippen LogP contribution in [0.4, 0.5) is 5.95 Å². The number of nitrogens with zero attached hydrogens (tertiary/aromatic N) is 2. The lowest BCUT2D eigenvalue weighted by atomic mass is 10.7. The Morgan fingerprint density at radius 1 is 1.25 bits per heavy atom. The van der Waals surface area contributed by atoms with Crippen molar-refractivity contribution in [1.29, 1.82) is 0 Å². The first-order valence-electron chi connectivity index (χ1n) is 3.91. The van der Waals surface area contributed by atoms with Crippen LogP contribution in [0.25, 0.3) is 0 Å². The Kier molecular flexibility index (Phi) is 7.17. The van der Waals surface area contributed by atoms with Gasteiger partial charge in [-0.05, 0) is 19.9 Å². The van der Waals surface area contributed by atoms with Crippen molar-refractivity contribution in [2.75, 3.05) is 18.9 Å². The molecule has 0 atom stereocenters. The Labute approximate surface area is 72.8 Å². The van der Waals surface area contributed by atoms with Gasteiger partial charge in [-0.25, -0.2) is 9.97 Å². The molecule has 0 aromatic carbocycles. The van der Waals surface area contributed by atoms with Gasteiger partial charge >= 0.3 is 0 Å². The lowest BCUT2D eigenvalue weighted by Gasteiger charge is -1.86. The van der Waals surface area contributed by atoms with Gasteiger partial charge in [0.05, 0.1) is 0 Å². The van der Waals surface area contributed by atoms with Gasteiger partial charge in [-0.15, -0.1) is 0 Å². The van der Waals surface area contributed by atoms with Crippen LogP contribution in [0.15, 0.2) is 18.5 Å². The molecule has 0 saturated carbocycles. The number of nitrogens with two attached hydrogens (primary N) is 1. The van der Waals surface area contributed by atoms with E-state index in [9.17, 15) is 0 Å². The van der Waals surface area contributed by atoms with Crippen LogP contribution in [0.2, 0.25) is 0 Å². The summed E-state index contributed by atoms with van der Waals surface area (Å²) in [4.78, 5) is 7.29. The predicted molar refractivity (Wildman–Crippen MR) is 48.6 cm³/mol. The molecule has 1 rings (SSSR count). The van der Waals surface area contributed by atoms with E-state index in [1.807, 2.05) is 13.8 Å². The maximum absolute atomic E-state index is 5.14. The normalized spacial score (nSPS) is 8.50. The highest BCUT2D eigenvalue weighted by Gasteiger charge is 1.75. The molecule has 0 aliphatic heterocycles. The molecule has 0 aliphatic rings. The smallest absolute Gasteiger partial charge is 0.219 e. The van der Waals surface area contributed by atoms with Crippen molar-refractivity contribution in [2.45, 2.75) is 13.8 Å². The van der Waals surface area contributed by atoms with Gasteiger partial charge in [0.25, 0.3) is 0 Å². The fourth-order valence-corrected chi connectivity index (χ4v) is 0.515. The first-order chi connectivity index (χ1) is 5.81. The topological polar surface area (TPSA) is 61.0 Å². The average molecular weight is 169 g/mol. The summed E-state index contributed by atoms with van der Waals surface area (Å²) in [5, 5.41) is 0. The Hall–Kier alpha value is -1.16. The van der Waals surface area contributed by atoms with E-state index < -0.39 is 0 Å².